The Morgan fingerprint density at radius 2 is 2.31 bits per heavy atom. The molecule has 0 aromatic heterocycles. The summed E-state index contributed by atoms with van der Waals surface area (Å²) in [5, 5.41) is 3.53. The monoisotopic (exact) mass is 228 g/mol. The molecule has 0 aliphatic carbocycles. The number of nitrogens with zero attached hydrogens (tertiary/aromatic N) is 1. The second kappa shape index (κ2) is 8.04. The molecule has 1 aliphatic heterocycles. The van der Waals surface area contributed by atoms with Gasteiger partial charge in [0.05, 0.1) is 6.61 Å². The molecule has 3 heteroatoms. The molecule has 16 heavy (non-hydrogen) atoms. The van der Waals surface area contributed by atoms with E-state index in [1.54, 1.807) is 0 Å². The van der Waals surface area contributed by atoms with Crippen LogP contribution in [0.15, 0.2) is 0 Å². The first-order valence-electron chi connectivity index (χ1n) is 6.72. The molecule has 0 amide bonds. The highest BCUT2D eigenvalue weighted by Crippen LogP contribution is 2.13. The minimum absolute atomic E-state index is 0.645. The van der Waals surface area contributed by atoms with Gasteiger partial charge in [0.25, 0.3) is 0 Å². The molecule has 1 rings (SSSR count). The normalized spacial score (nSPS) is 23.6. The largest absolute Gasteiger partial charge is 0.381 e. The summed E-state index contributed by atoms with van der Waals surface area (Å²) >= 11 is 0. The van der Waals surface area contributed by atoms with E-state index < -0.39 is 0 Å². The third-order valence-corrected chi connectivity index (χ3v) is 3.42. The molecule has 1 saturated heterocycles. The van der Waals surface area contributed by atoms with Crippen molar-refractivity contribution < 1.29 is 4.74 Å². The first-order valence-corrected chi connectivity index (χ1v) is 6.72. The summed E-state index contributed by atoms with van der Waals surface area (Å²) in [4.78, 5) is 2.43. The zero-order valence-electron chi connectivity index (χ0n) is 11.2. The van der Waals surface area contributed by atoms with Crippen LogP contribution in [0.1, 0.15) is 33.1 Å². The van der Waals surface area contributed by atoms with E-state index in [1.807, 2.05) is 0 Å². The van der Waals surface area contributed by atoms with Gasteiger partial charge in [-0.1, -0.05) is 6.92 Å². The highest BCUT2D eigenvalue weighted by Gasteiger charge is 2.15. The summed E-state index contributed by atoms with van der Waals surface area (Å²) < 4.78 is 5.50. The highest BCUT2D eigenvalue weighted by atomic mass is 16.5. The van der Waals surface area contributed by atoms with E-state index in [-0.39, 0.29) is 0 Å². The van der Waals surface area contributed by atoms with Gasteiger partial charge in [0, 0.05) is 32.3 Å². The van der Waals surface area contributed by atoms with Gasteiger partial charge in [0.15, 0.2) is 0 Å². The SMILES string of the molecule is CCC(C)NCCN(C)CC1CCCOC1. The number of likely N-dealkylation sites (N-methyl/N-ethyl adjacent to an activating group) is 1. The fourth-order valence-corrected chi connectivity index (χ4v) is 2.13. The van der Waals surface area contributed by atoms with Crippen molar-refractivity contribution in [2.45, 2.75) is 39.2 Å². The lowest BCUT2D eigenvalue weighted by Crippen LogP contribution is -2.37. The number of nitrogens with one attached hydrogen (secondary N) is 1. The third-order valence-electron chi connectivity index (χ3n) is 3.42. The molecule has 0 bridgehead atoms. The van der Waals surface area contributed by atoms with Gasteiger partial charge >= 0.3 is 0 Å². The number of rotatable bonds is 7. The minimum atomic E-state index is 0.645. The molecular weight excluding hydrogens is 200 g/mol. The predicted molar refractivity (Wildman–Crippen MR) is 68.8 cm³/mol. The average molecular weight is 228 g/mol. The van der Waals surface area contributed by atoms with Gasteiger partial charge in [-0.15, -0.1) is 0 Å². The van der Waals surface area contributed by atoms with Crippen LogP contribution in [-0.2, 0) is 4.74 Å². The summed E-state index contributed by atoms with van der Waals surface area (Å²) in [5.41, 5.74) is 0. The van der Waals surface area contributed by atoms with E-state index in [2.05, 4.69) is 31.1 Å². The lowest BCUT2D eigenvalue weighted by Gasteiger charge is -2.27. The first kappa shape index (κ1) is 13.9. The number of hydrogen-bond acceptors (Lipinski definition) is 3. The van der Waals surface area contributed by atoms with Crippen LogP contribution in [-0.4, -0.2) is 50.8 Å². The van der Waals surface area contributed by atoms with Crippen molar-refractivity contribution in [2.24, 2.45) is 5.92 Å². The second-order valence-corrected chi connectivity index (χ2v) is 5.11. The van der Waals surface area contributed by atoms with E-state index in [0.29, 0.717) is 6.04 Å². The quantitative estimate of drug-likeness (QED) is 0.718. The van der Waals surface area contributed by atoms with E-state index in [0.717, 1.165) is 32.2 Å². The lowest BCUT2D eigenvalue weighted by molar-refractivity contribution is 0.0421. The van der Waals surface area contributed by atoms with Gasteiger partial charge in [-0.3, -0.25) is 0 Å². The fraction of sp³-hybridized carbons (Fsp3) is 1.00. The Balaban J connectivity index is 2.03. The maximum Gasteiger partial charge on any atom is 0.0506 e. The smallest absolute Gasteiger partial charge is 0.0506 e. The van der Waals surface area contributed by atoms with Crippen molar-refractivity contribution in [3.63, 3.8) is 0 Å². The van der Waals surface area contributed by atoms with Crippen molar-refractivity contribution in [3.05, 3.63) is 0 Å². The maximum absolute atomic E-state index is 5.50. The van der Waals surface area contributed by atoms with Crippen molar-refractivity contribution in [2.75, 3.05) is 39.9 Å². The zero-order chi connectivity index (χ0) is 11.8. The van der Waals surface area contributed by atoms with Gasteiger partial charge in [0.2, 0.25) is 0 Å². The Labute approximate surface area is 101 Å². The zero-order valence-corrected chi connectivity index (χ0v) is 11.2. The molecule has 0 radical (unpaired) electrons. The molecule has 1 N–H and O–H groups in total. The molecule has 1 aliphatic rings. The highest BCUT2D eigenvalue weighted by molar-refractivity contribution is 4.68. The maximum atomic E-state index is 5.50. The van der Waals surface area contributed by atoms with E-state index >= 15 is 0 Å². The van der Waals surface area contributed by atoms with Gasteiger partial charge in [0.1, 0.15) is 0 Å². The van der Waals surface area contributed by atoms with Crippen molar-refractivity contribution in [3.8, 4) is 0 Å². The van der Waals surface area contributed by atoms with Crippen LogP contribution in [0.25, 0.3) is 0 Å². The Morgan fingerprint density at radius 3 is 2.94 bits per heavy atom. The van der Waals surface area contributed by atoms with Crippen LogP contribution in [0.5, 0.6) is 0 Å². The molecule has 0 aromatic rings. The van der Waals surface area contributed by atoms with Crippen LogP contribution in [0, 0.1) is 5.92 Å². The van der Waals surface area contributed by atoms with Gasteiger partial charge in [-0.25, -0.2) is 0 Å². The molecule has 1 fully saturated rings. The molecule has 0 spiro atoms. The van der Waals surface area contributed by atoms with E-state index in [4.69, 9.17) is 4.74 Å². The Hall–Kier alpha value is -0.120. The molecule has 3 nitrogen and oxygen atoms in total. The molecular formula is C13H28N2O. The molecule has 2 unspecified atom stereocenters. The first-order chi connectivity index (χ1) is 7.72. The molecule has 0 saturated carbocycles. The molecule has 96 valence electrons. The topological polar surface area (TPSA) is 24.5 Å². The van der Waals surface area contributed by atoms with Crippen LogP contribution < -0.4 is 5.32 Å². The Kier molecular flexibility index (Phi) is 7.01. The minimum Gasteiger partial charge on any atom is -0.381 e. The molecule has 1 heterocycles. The van der Waals surface area contributed by atoms with Crippen LogP contribution >= 0.6 is 0 Å². The summed E-state index contributed by atoms with van der Waals surface area (Å²) in [7, 11) is 2.22. The van der Waals surface area contributed by atoms with Crippen molar-refractivity contribution in [1.29, 1.82) is 0 Å². The summed E-state index contributed by atoms with van der Waals surface area (Å²) in [6, 6.07) is 0.645. The summed E-state index contributed by atoms with van der Waals surface area (Å²) in [5.74, 6) is 0.752. The number of ether oxygens (including phenoxy) is 1. The molecule has 2 atom stereocenters. The Bertz CT molecular complexity index is 169. The fourth-order valence-electron chi connectivity index (χ4n) is 2.13. The van der Waals surface area contributed by atoms with E-state index in [1.165, 1.54) is 25.8 Å². The third kappa shape index (κ3) is 5.83. The summed E-state index contributed by atoms with van der Waals surface area (Å²) in [6.07, 6.45) is 3.78. The van der Waals surface area contributed by atoms with Crippen molar-refractivity contribution >= 4 is 0 Å². The van der Waals surface area contributed by atoms with Crippen LogP contribution in [0.4, 0.5) is 0 Å². The van der Waals surface area contributed by atoms with Crippen LogP contribution in [0.3, 0.4) is 0 Å². The van der Waals surface area contributed by atoms with Gasteiger partial charge < -0.3 is 15.0 Å². The van der Waals surface area contributed by atoms with Crippen molar-refractivity contribution in [1.82, 2.24) is 10.2 Å². The standard InChI is InChI=1S/C13H28N2O/c1-4-12(2)14-7-8-15(3)10-13-6-5-9-16-11-13/h12-14H,4-11H2,1-3H3. The van der Waals surface area contributed by atoms with E-state index in [9.17, 15) is 0 Å². The van der Waals surface area contributed by atoms with Gasteiger partial charge in [-0.2, -0.15) is 0 Å². The lowest BCUT2D eigenvalue weighted by atomic mass is 10.0. The predicted octanol–water partition coefficient (Wildman–Crippen LogP) is 1.73. The summed E-state index contributed by atoms with van der Waals surface area (Å²) in [6.45, 7) is 9.82. The Morgan fingerprint density at radius 1 is 1.50 bits per heavy atom. The average Bonchev–Trinajstić information content (AvgIpc) is 2.30. The second-order valence-electron chi connectivity index (χ2n) is 5.11. The van der Waals surface area contributed by atoms with Crippen LogP contribution in [0.2, 0.25) is 0 Å². The molecule has 0 aromatic carbocycles. The van der Waals surface area contributed by atoms with Gasteiger partial charge in [-0.05, 0) is 39.2 Å². The number of hydrogen-bond donors (Lipinski definition) is 1.